The van der Waals surface area contributed by atoms with Gasteiger partial charge in [0.25, 0.3) is 17.5 Å². The van der Waals surface area contributed by atoms with Crippen LogP contribution in [0.15, 0.2) is 53.4 Å². The van der Waals surface area contributed by atoms with E-state index in [0.717, 1.165) is 16.7 Å². The summed E-state index contributed by atoms with van der Waals surface area (Å²) in [5, 5.41) is 20.0. The van der Waals surface area contributed by atoms with E-state index in [2.05, 4.69) is 0 Å². The summed E-state index contributed by atoms with van der Waals surface area (Å²) < 4.78 is 5.39. The van der Waals surface area contributed by atoms with Gasteiger partial charge in [0.05, 0.1) is 34.3 Å². The number of rotatable bonds is 8. The minimum absolute atomic E-state index is 0.112. The fourth-order valence-electron chi connectivity index (χ4n) is 2.89. The number of carbonyl (C=O) groups is 2. The van der Waals surface area contributed by atoms with Crippen LogP contribution in [0, 0.1) is 10.1 Å². The zero-order valence-electron chi connectivity index (χ0n) is 15.5. The average Bonchev–Trinajstić information content (AvgIpc) is 2.97. The number of non-ortho nitro benzene ring substituents is 1. The van der Waals surface area contributed by atoms with Gasteiger partial charge in [0.15, 0.2) is 0 Å². The summed E-state index contributed by atoms with van der Waals surface area (Å²) in [6.45, 7) is 2.19. The molecule has 0 saturated carbocycles. The first-order chi connectivity index (χ1) is 14.0. The van der Waals surface area contributed by atoms with Gasteiger partial charge in [-0.2, -0.15) is 0 Å². The summed E-state index contributed by atoms with van der Waals surface area (Å²) in [6, 6.07) is 12.0. The van der Waals surface area contributed by atoms with Crippen LogP contribution >= 0.6 is 11.8 Å². The smallest absolute Gasteiger partial charge is 0.272 e. The highest BCUT2D eigenvalue weighted by molar-refractivity contribution is 8.04. The fourth-order valence-corrected chi connectivity index (χ4v) is 3.75. The zero-order valence-corrected chi connectivity index (χ0v) is 16.3. The van der Waals surface area contributed by atoms with Crippen molar-refractivity contribution in [3.8, 4) is 5.75 Å². The summed E-state index contributed by atoms with van der Waals surface area (Å²) >= 11 is 1.08. The molecule has 0 radical (unpaired) electrons. The number of nitro groups is 1. The maximum atomic E-state index is 13.1. The van der Waals surface area contributed by atoms with Crippen molar-refractivity contribution in [2.75, 3.05) is 23.9 Å². The summed E-state index contributed by atoms with van der Waals surface area (Å²) in [4.78, 5) is 37.7. The van der Waals surface area contributed by atoms with E-state index in [1.807, 2.05) is 6.92 Å². The molecule has 1 N–H and O–H groups in total. The molecule has 1 aliphatic rings. The van der Waals surface area contributed by atoms with E-state index in [1.165, 1.54) is 24.3 Å². The number of hydrogen-bond donors (Lipinski definition) is 1. The second kappa shape index (κ2) is 8.89. The lowest BCUT2D eigenvalue weighted by Crippen LogP contribution is -2.31. The van der Waals surface area contributed by atoms with Crippen LogP contribution in [-0.2, 0) is 9.59 Å². The van der Waals surface area contributed by atoms with Gasteiger partial charge >= 0.3 is 0 Å². The number of hydrogen-bond acceptors (Lipinski definition) is 7. The normalized spacial score (nSPS) is 13.9. The molecule has 0 fully saturated rings. The Morgan fingerprint density at radius 1 is 1.07 bits per heavy atom. The van der Waals surface area contributed by atoms with E-state index >= 15 is 0 Å². The van der Waals surface area contributed by atoms with Gasteiger partial charge in [0.1, 0.15) is 5.75 Å². The molecular weight excluding hydrogens is 396 g/mol. The highest BCUT2D eigenvalue weighted by Gasteiger charge is 2.40. The number of carbonyl (C=O) groups excluding carboxylic acids is 2. The third kappa shape index (κ3) is 4.15. The Labute approximate surface area is 170 Å². The van der Waals surface area contributed by atoms with E-state index in [1.54, 1.807) is 24.3 Å². The maximum absolute atomic E-state index is 13.1. The fraction of sp³-hybridized carbons (Fsp3) is 0.200. The molecule has 0 aromatic heterocycles. The summed E-state index contributed by atoms with van der Waals surface area (Å²) in [7, 11) is 0. The van der Waals surface area contributed by atoms with Gasteiger partial charge in [0.2, 0.25) is 0 Å². The standard InChI is InChI=1S/C20H18N2O6S/c1-2-28-16-9-7-14(8-10-16)21-19(24)17(18(20(21)25)29-12-11-23)13-3-5-15(6-4-13)22(26)27/h3-10,23H,2,11-12H2,1H3. The number of aliphatic hydroxyl groups is 1. The molecule has 0 aliphatic carbocycles. The first kappa shape index (κ1) is 20.6. The Morgan fingerprint density at radius 3 is 2.28 bits per heavy atom. The van der Waals surface area contributed by atoms with Gasteiger partial charge in [-0.25, -0.2) is 4.90 Å². The number of ether oxygens (including phenoxy) is 1. The third-order valence-electron chi connectivity index (χ3n) is 4.15. The highest BCUT2D eigenvalue weighted by atomic mass is 32.2. The number of benzene rings is 2. The van der Waals surface area contributed by atoms with Crippen molar-refractivity contribution in [2.24, 2.45) is 0 Å². The van der Waals surface area contributed by atoms with Crippen LogP contribution in [0.3, 0.4) is 0 Å². The van der Waals surface area contributed by atoms with Crippen LogP contribution in [0.4, 0.5) is 11.4 Å². The topological polar surface area (TPSA) is 110 Å². The predicted molar refractivity (Wildman–Crippen MR) is 110 cm³/mol. The van der Waals surface area contributed by atoms with Crippen LogP contribution < -0.4 is 9.64 Å². The van der Waals surface area contributed by atoms with E-state index in [9.17, 15) is 19.7 Å². The van der Waals surface area contributed by atoms with Gasteiger partial charge in [-0.3, -0.25) is 19.7 Å². The van der Waals surface area contributed by atoms with E-state index < -0.39 is 16.7 Å². The highest BCUT2D eigenvalue weighted by Crippen LogP contribution is 2.39. The van der Waals surface area contributed by atoms with Crippen LogP contribution in [0.25, 0.3) is 5.57 Å². The number of imide groups is 1. The molecule has 29 heavy (non-hydrogen) atoms. The van der Waals surface area contributed by atoms with Crippen molar-refractivity contribution in [3.63, 3.8) is 0 Å². The first-order valence-corrected chi connectivity index (χ1v) is 9.81. The van der Waals surface area contributed by atoms with Gasteiger partial charge < -0.3 is 9.84 Å². The van der Waals surface area contributed by atoms with Crippen LogP contribution in [0.2, 0.25) is 0 Å². The Bertz CT molecular complexity index is 969. The monoisotopic (exact) mass is 414 g/mol. The first-order valence-electron chi connectivity index (χ1n) is 8.82. The number of anilines is 1. The molecule has 0 saturated heterocycles. The molecule has 150 valence electrons. The molecule has 8 nitrogen and oxygen atoms in total. The van der Waals surface area contributed by atoms with Crippen LogP contribution in [0.1, 0.15) is 12.5 Å². The summed E-state index contributed by atoms with van der Waals surface area (Å²) in [5.41, 5.74) is 0.849. The third-order valence-corrected chi connectivity index (χ3v) is 5.21. The molecule has 2 aromatic carbocycles. The number of thioether (sulfide) groups is 1. The van der Waals surface area contributed by atoms with Crippen molar-refractivity contribution in [2.45, 2.75) is 6.92 Å². The van der Waals surface area contributed by atoms with E-state index in [-0.39, 0.29) is 28.5 Å². The van der Waals surface area contributed by atoms with Crippen molar-refractivity contribution < 1.29 is 24.4 Å². The molecule has 3 rings (SSSR count). The summed E-state index contributed by atoms with van der Waals surface area (Å²) in [5.74, 6) is -0.157. The Morgan fingerprint density at radius 2 is 1.72 bits per heavy atom. The molecule has 1 aliphatic heterocycles. The molecular formula is C20H18N2O6S. The minimum atomic E-state index is -0.534. The van der Waals surface area contributed by atoms with Crippen molar-refractivity contribution >= 4 is 40.5 Å². The van der Waals surface area contributed by atoms with Crippen LogP contribution in [0.5, 0.6) is 5.75 Å². The molecule has 9 heteroatoms. The van der Waals surface area contributed by atoms with Crippen molar-refractivity contribution in [1.29, 1.82) is 0 Å². The van der Waals surface area contributed by atoms with Gasteiger partial charge in [-0.15, -0.1) is 11.8 Å². The largest absolute Gasteiger partial charge is 0.494 e. The second-order valence-electron chi connectivity index (χ2n) is 5.95. The van der Waals surface area contributed by atoms with Gasteiger partial charge in [-0.05, 0) is 48.9 Å². The number of amides is 2. The quantitative estimate of drug-likeness (QED) is 0.402. The minimum Gasteiger partial charge on any atom is -0.494 e. The molecule has 0 bridgehead atoms. The van der Waals surface area contributed by atoms with E-state index in [4.69, 9.17) is 9.84 Å². The molecule has 0 spiro atoms. The maximum Gasteiger partial charge on any atom is 0.272 e. The average molecular weight is 414 g/mol. The predicted octanol–water partition coefficient (Wildman–Crippen LogP) is 3.00. The number of nitrogens with zero attached hydrogens (tertiary/aromatic N) is 2. The Hall–Kier alpha value is -3.17. The number of aliphatic hydroxyl groups excluding tert-OH is 1. The lowest BCUT2D eigenvalue weighted by Gasteiger charge is -2.15. The molecule has 1 heterocycles. The Balaban J connectivity index is 1.99. The lowest BCUT2D eigenvalue weighted by molar-refractivity contribution is -0.384. The summed E-state index contributed by atoms with van der Waals surface area (Å²) in [6.07, 6.45) is 0. The molecule has 0 unspecified atom stereocenters. The van der Waals surface area contributed by atoms with Crippen LogP contribution in [-0.4, -0.2) is 40.8 Å². The second-order valence-corrected chi connectivity index (χ2v) is 7.06. The lowest BCUT2D eigenvalue weighted by atomic mass is 10.1. The molecule has 0 atom stereocenters. The molecule has 2 aromatic rings. The SMILES string of the molecule is CCOc1ccc(N2C(=O)C(SCCO)=C(c3ccc([N+](=O)[O-])cc3)C2=O)cc1. The van der Waals surface area contributed by atoms with Gasteiger partial charge in [-0.1, -0.05) is 0 Å². The Kier molecular flexibility index (Phi) is 6.30. The van der Waals surface area contributed by atoms with Gasteiger partial charge in [0, 0.05) is 17.9 Å². The van der Waals surface area contributed by atoms with Crippen molar-refractivity contribution in [1.82, 2.24) is 0 Å². The molecule has 2 amide bonds. The van der Waals surface area contributed by atoms with Crippen molar-refractivity contribution in [3.05, 3.63) is 69.1 Å². The number of nitro benzene ring substituents is 1. The zero-order chi connectivity index (χ0) is 21.0. The van der Waals surface area contributed by atoms with E-state index in [0.29, 0.717) is 23.6 Å².